The van der Waals surface area contributed by atoms with E-state index in [9.17, 15) is 9.59 Å². The number of piperidine rings is 1. The standard InChI is InChI=1S/C25H36N6O4/c1-2-31-23-20(16-27-31)22(28-19-7-13-35-14-8-19)21(15-26-23)24(32)29-18-3-9-30(10-4-18)25(33)17-5-11-34-12-6-17/h15-19H,2-14H2,1H3,(H,26,28)(H,29,32). The third kappa shape index (κ3) is 5.28. The summed E-state index contributed by atoms with van der Waals surface area (Å²) >= 11 is 0. The van der Waals surface area contributed by atoms with Gasteiger partial charge < -0.3 is 25.0 Å². The number of aromatic nitrogens is 3. The fourth-order valence-electron chi connectivity index (χ4n) is 5.34. The number of aryl methyl sites for hydroxylation is 1. The Labute approximate surface area is 205 Å². The third-order valence-corrected chi connectivity index (χ3v) is 7.49. The Morgan fingerprint density at radius 3 is 2.34 bits per heavy atom. The first-order valence-electron chi connectivity index (χ1n) is 13.0. The van der Waals surface area contributed by atoms with Crippen LogP contribution in [0, 0.1) is 5.92 Å². The lowest BCUT2D eigenvalue weighted by atomic mass is 9.96. The fourth-order valence-corrected chi connectivity index (χ4v) is 5.34. The molecule has 0 aliphatic carbocycles. The smallest absolute Gasteiger partial charge is 0.255 e. The van der Waals surface area contributed by atoms with Gasteiger partial charge in [-0.05, 0) is 45.4 Å². The van der Waals surface area contributed by atoms with Crippen molar-refractivity contribution in [2.45, 2.75) is 64.1 Å². The Hall–Kier alpha value is -2.72. The second kappa shape index (κ2) is 10.9. The molecule has 0 bridgehead atoms. The number of carbonyl (C=O) groups is 2. The van der Waals surface area contributed by atoms with Gasteiger partial charge in [0.15, 0.2) is 5.65 Å². The van der Waals surface area contributed by atoms with E-state index in [-0.39, 0.29) is 29.8 Å². The molecular weight excluding hydrogens is 448 g/mol. The van der Waals surface area contributed by atoms with E-state index >= 15 is 0 Å². The van der Waals surface area contributed by atoms with Crippen molar-refractivity contribution in [1.29, 1.82) is 0 Å². The molecule has 0 radical (unpaired) electrons. The molecule has 3 fully saturated rings. The summed E-state index contributed by atoms with van der Waals surface area (Å²) in [5.74, 6) is 0.187. The number of nitrogens with one attached hydrogen (secondary N) is 2. The lowest BCUT2D eigenvalue weighted by Gasteiger charge is -2.35. The number of pyridine rings is 1. The molecule has 0 atom stereocenters. The van der Waals surface area contributed by atoms with Crippen molar-refractivity contribution in [2.75, 3.05) is 44.8 Å². The highest BCUT2D eigenvalue weighted by molar-refractivity contribution is 6.06. The van der Waals surface area contributed by atoms with E-state index in [1.54, 1.807) is 12.4 Å². The largest absolute Gasteiger partial charge is 0.381 e. The maximum absolute atomic E-state index is 13.4. The Bertz CT molecular complexity index is 1040. The quantitative estimate of drug-likeness (QED) is 0.647. The van der Waals surface area contributed by atoms with Crippen LogP contribution in [-0.2, 0) is 20.8 Å². The van der Waals surface area contributed by atoms with Gasteiger partial charge in [0, 0.05) is 70.3 Å². The molecule has 5 heterocycles. The van der Waals surface area contributed by atoms with Gasteiger partial charge >= 0.3 is 0 Å². The molecular formula is C25H36N6O4. The van der Waals surface area contributed by atoms with Crippen molar-refractivity contribution < 1.29 is 19.1 Å². The maximum atomic E-state index is 13.4. The lowest BCUT2D eigenvalue weighted by molar-refractivity contribution is -0.139. The van der Waals surface area contributed by atoms with E-state index in [1.807, 2.05) is 16.5 Å². The molecule has 10 heteroatoms. The normalized spacial score (nSPS) is 20.8. The van der Waals surface area contributed by atoms with Gasteiger partial charge in [-0.3, -0.25) is 9.59 Å². The van der Waals surface area contributed by atoms with Crippen molar-refractivity contribution in [3.05, 3.63) is 18.0 Å². The number of carbonyl (C=O) groups excluding carboxylic acids is 2. The van der Waals surface area contributed by atoms with Crippen molar-refractivity contribution in [1.82, 2.24) is 25.0 Å². The highest BCUT2D eigenvalue weighted by Crippen LogP contribution is 2.29. The maximum Gasteiger partial charge on any atom is 0.255 e. The zero-order valence-corrected chi connectivity index (χ0v) is 20.5. The predicted molar refractivity (Wildman–Crippen MR) is 131 cm³/mol. The molecule has 0 spiro atoms. The molecule has 35 heavy (non-hydrogen) atoms. The summed E-state index contributed by atoms with van der Waals surface area (Å²) in [4.78, 5) is 32.8. The van der Waals surface area contributed by atoms with Crippen LogP contribution in [0.25, 0.3) is 11.0 Å². The van der Waals surface area contributed by atoms with Crippen LogP contribution in [0.4, 0.5) is 5.69 Å². The molecule has 0 unspecified atom stereocenters. The third-order valence-electron chi connectivity index (χ3n) is 7.49. The van der Waals surface area contributed by atoms with Crippen molar-refractivity contribution in [2.24, 2.45) is 5.92 Å². The summed E-state index contributed by atoms with van der Waals surface area (Å²) in [5.41, 5.74) is 2.12. The number of nitrogens with zero attached hydrogens (tertiary/aromatic N) is 4. The summed E-state index contributed by atoms with van der Waals surface area (Å²) in [6.07, 6.45) is 8.38. The molecule has 3 saturated heterocycles. The van der Waals surface area contributed by atoms with Crippen LogP contribution in [0.2, 0.25) is 0 Å². The van der Waals surface area contributed by atoms with E-state index in [0.29, 0.717) is 51.6 Å². The van der Waals surface area contributed by atoms with Crippen LogP contribution in [0.3, 0.4) is 0 Å². The Morgan fingerprint density at radius 2 is 1.66 bits per heavy atom. The molecule has 3 aliphatic heterocycles. The first-order valence-corrected chi connectivity index (χ1v) is 13.0. The van der Waals surface area contributed by atoms with Crippen LogP contribution in [0.15, 0.2) is 12.4 Å². The van der Waals surface area contributed by atoms with Gasteiger partial charge in [0.05, 0.1) is 22.8 Å². The van der Waals surface area contributed by atoms with E-state index in [1.165, 1.54) is 0 Å². The molecule has 0 saturated carbocycles. The van der Waals surface area contributed by atoms with Gasteiger partial charge in [0.2, 0.25) is 5.91 Å². The van der Waals surface area contributed by atoms with E-state index in [0.717, 1.165) is 55.2 Å². The summed E-state index contributed by atoms with van der Waals surface area (Å²) in [7, 11) is 0. The van der Waals surface area contributed by atoms with Crippen molar-refractivity contribution >= 4 is 28.5 Å². The van der Waals surface area contributed by atoms with Crippen LogP contribution in [0.1, 0.15) is 55.8 Å². The molecule has 3 aliphatic rings. The zero-order valence-electron chi connectivity index (χ0n) is 20.5. The van der Waals surface area contributed by atoms with E-state index in [4.69, 9.17) is 9.47 Å². The molecule has 2 aromatic heterocycles. The van der Waals surface area contributed by atoms with Gasteiger partial charge in [0.1, 0.15) is 0 Å². The van der Waals surface area contributed by atoms with Crippen LogP contribution >= 0.6 is 0 Å². The number of hydrogen-bond acceptors (Lipinski definition) is 7. The van der Waals surface area contributed by atoms with Crippen LogP contribution in [-0.4, -0.2) is 83.1 Å². The fraction of sp³-hybridized carbons (Fsp3) is 0.680. The second-order valence-electron chi connectivity index (χ2n) is 9.74. The molecule has 2 amide bonds. The molecule has 5 rings (SSSR count). The minimum Gasteiger partial charge on any atom is -0.381 e. The summed E-state index contributed by atoms with van der Waals surface area (Å²) in [5, 5.41) is 12.1. The van der Waals surface area contributed by atoms with Gasteiger partial charge in [-0.15, -0.1) is 0 Å². The number of likely N-dealkylation sites (tertiary alicyclic amines) is 1. The Balaban J connectivity index is 1.27. The minimum atomic E-state index is -0.132. The Morgan fingerprint density at radius 1 is 0.971 bits per heavy atom. The number of fused-ring (bicyclic) bond motifs is 1. The number of hydrogen-bond donors (Lipinski definition) is 2. The van der Waals surface area contributed by atoms with Crippen LogP contribution in [0.5, 0.6) is 0 Å². The monoisotopic (exact) mass is 484 g/mol. The van der Waals surface area contributed by atoms with Crippen molar-refractivity contribution in [3.8, 4) is 0 Å². The predicted octanol–water partition coefficient (Wildman–Crippen LogP) is 2.19. The number of amides is 2. The van der Waals surface area contributed by atoms with Gasteiger partial charge in [0.25, 0.3) is 5.91 Å². The van der Waals surface area contributed by atoms with E-state index < -0.39 is 0 Å². The first kappa shape index (κ1) is 24.0. The average molecular weight is 485 g/mol. The number of rotatable bonds is 6. The molecule has 190 valence electrons. The van der Waals surface area contributed by atoms with Gasteiger partial charge in [-0.2, -0.15) is 5.10 Å². The van der Waals surface area contributed by atoms with Crippen molar-refractivity contribution in [3.63, 3.8) is 0 Å². The number of ether oxygens (including phenoxy) is 2. The lowest BCUT2D eigenvalue weighted by Crippen LogP contribution is -2.48. The van der Waals surface area contributed by atoms with Gasteiger partial charge in [-0.25, -0.2) is 9.67 Å². The average Bonchev–Trinajstić information content (AvgIpc) is 3.34. The Kier molecular flexibility index (Phi) is 7.48. The van der Waals surface area contributed by atoms with E-state index in [2.05, 4.69) is 20.7 Å². The second-order valence-corrected chi connectivity index (χ2v) is 9.74. The first-order chi connectivity index (χ1) is 17.1. The van der Waals surface area contributed by atoms with Crippen LogP contribution < -0.4 is 10.6 Å². The molecule has 2 N–H and O–H groups in total. The zero-order chi connectivity index (χ0) is 24.2. The number of anilines is 1. The minimum absolute atomic E-state index is 0.0335. The molecule has 10 nitrogen and oxygen atoms in total. The summed E-state index contributed by atoms with van der Waals surface area (Å²) in [6, 6.07) is 0.275. The summed E-state index contributed by atoms with van der Waals surface area (Å²) < 4.78 is 12.7. The highest BCUT2D eigenvalue weighted by atomic mass is 16.5. The molecule has 0 aromatic carbocycles. The molecule has 2 aromatic rings. The summed E-state index contributed by atoms with van der Waals surface area (Å²) in [6.45, 7) is 6.86. The SMILES string of the molecule is CCn1ncc2c(NC3CCOCC3)c(C(=O)NC3CCN(C(=O)C4CCOCC4)CC3)cnc21. The highest BCUT2D eigenvalue weighted by Gasteiger charge is 2.30. The topological polar surface area (TPSA) is 111 Å². The van der Waals surface area contributed by atoms with Gasteiger partial charge in [-0.1, -0.05) is 0 Å².